The standard InChI is InChI=1S/C18H20O5S/c1-18(2)11-14(19)13-9-17(16(22-3)10-15(13)23-18)24(20,21)12-7-5-4-6-8-12/h4-10,14,19H,11H2,1-3H3. The summed E-state index contributed by atoms with van der Waals surface area (Å²) in [6.45, 7) is 3.75. The van der Waals surface area contributed by atoms with Crippen LogP contribution in [0.5, 0.6) is 11.5 Å². The Kier molecular flexibility index (Phi) is 4.05. The minimum atomic E-state index is -3.76. The van der Waals surface area contributed by atoms with Gasteiger partial charge in [0.15, 0.2) is 0 Å². The summed E-state index contributed by atoms with van der Waals surface area (Å²) in [5.74, 6) is 0.644. The third kappa shape index (κ3) is 2.87. The monoisotopic (exact) mass is 348 g/mol. The van der Waals surface area contributed by atoms with Crippen LogP contribution in [-0.2, 0) is 9.84 Å². The summed E-state index contributed by atoms with van der Waals surface area (Å²) in [7, 11) is -2.35. The molecule has 1 N–H and O–H groups in total. The lowest BCUT2D eigenvalue weighted by atomic mass is 9.92. The average Bonchev–Trinajstić information content (AvgIpc) is 2.53. The van der Waals surface area contributed by atoms with Crippen molar-refractivity contribution in [2.24, 2.45) is 0 Å². The van der Waals surface area contributed by atoms with Crippen molar-refractivity contribution < 1.29 is 23.0 Å². The van der Waals surface area contributed by atoms with E-state index in [-0.39, 0.29) is 15.5 Å². The quantitative estimate of drug-likeness (QED) is 0.922. The van der Waals surface area contributed by atoms with Crippen molar-refractivity contribution in [1.82, 2.24) is 0 Å². The first-order chi connectivity index (χ1) is 11.2. The molecule has 0 radical (unpaired) electrons. The van der Waals surface area contributed by atoms with E-state index in [1.54, 1.807) is 18.2 Å². The molecule has 1 atom stereocenters. The summed E-state index contributed by atoms with van der Waals surface area (Å²) in [4.78, 5) is 0.201. The highest BCUT2D eigenvalue weighted by atomic mass is 32.2. The number of ether oxygens (including phenoxy) is 2. The number of hydrogen-bond donors (Lipinski definition) is 1. The van der Waals surface area contributed by atoms with Gasteiger partial charge in [0.05, 0.1) is 18.1 Å². The third-order valence-corrected chi connectivity index (χ3v) is 5.86. The smallest absolute Gasteiger partial charge is 0.210 e. The van der Waals surface area contributed by atoms with Gasteiger partial charge in [0.25, 0.3) is 0 Å². The van der Waals surface area contributed by atoms with Crippen LogP contribution in [0.15, 0.2) is 52.3 Å². The average molecular weight is 348 g/mol. The number of fused-ring (bicyclic) bond motifs is 1. The van der Waals surface area contributed by atoms with Gasteiger partial charge in [0.1, 0.15) is 22.0 Å². The van der Waals surface area contributed by atoms with Crippen molar-refractivity contribution in [2.75, 3.05) is 7.11 Å². The predicted octanol–water partition coefficient (Wildman–Crippen LogP) is 3.12. The van der Waals surface area contributed by atoms with Crippen LogP contribution in [0.2, 0.25) is 0 Å². The first-order valence-electron chi connectivity index (χ1n) is 7.64. The fourth-order valence-electron chi connectivity index (χ4n) is 2.92. The van der Waals surface area contributed by atoms with Crippen LogP contribution in [0.1, 0.15) is 31.9 Å². The van der Waals surface area contributed by atoms with Crippen LogP contribution in [0.3, 0.4) is 0 Å². The highest BCUT2D eigenvalue weighted by Gasteiger charge is 2.35. The molecule has 1 heterocycles. The zero-order valence-corrected chi connectivity index (χ0v) is 14.6. The maximum atomic E-state index is 12.9. The molecule has 0 aromatic heterocycles. The Morgan fingerprint density at radius 3 is 2.50 bits per heavy atom. The summed E-state index contributed by atoms with van der Waals surface area (Å²) in [5, 5.41) is 10.4. The van der Waals surface area contributed by atoms with Gasteiger partial charge in [0, 0.05) is 18.1 Å². The second-order valence-electron chi connectivity index (χ2n) is 6.44. The maximum Gasteiger partial charge on any atom is 0.210 e. The fourth-order valence-corrected chi connectivity index (χ4v) is 4.38. The van der Waals surface area contributed by atoms with E-state index in [9.17, 15) is 13.5 Å². The lowest BCUT2D eigenvalue weighted by molar-refractivity contribution is 0.0111. The van der Waals surface area contributed by atoms with E-state index in [1.807, 2.05) is 13.8 Å². The molecular weight excluding hydrogens is 328 g/mol. The topological polar surface area (TPSA) is 72.8 Å². The zero-order chi connectivity index (χ0) is 17.5. The van der Waals surface area contributed by atoms with Gasteiger partial charge in [-0.2, -0.15) is 0 Å². The first-order valence-corrected chi connectivity index (χ1v) is 9.12. The van der Waals surface area contributed by atoms with Crippen LogP contribution in [-0.4, -0.2) is 26.2 Å². The van der Waals surface area contributed by atoms with E-state index in [0.29, 0.717) is 17.7 Å². The molecule has 3 rings (SSSR count). The normalized spacial score (nSPS) is 19.2. The molecule has 0 saturated heterocycles. The van der Waals surface area contributed by atoms with Gasteiger partial charge >= 0.3 is 0 Å². The van der Waals surface area contributed by atoms with E-state index < -0.39 is 21.5 Å². The Morgan fingerprint density at radius 2 is 1.88 bits per heavy atom. The molecule has 0 saturated carbocycles. The number of hydrogen-bond acceptors (Lipinski definition) is 5. The van der Waals surface area contributed by atoms with Crippen LogP contribution < -0.4 is 9.47 Å². The highest BCUT2D eigenvalue weighted by Crippen LogP contribution is 2.44. The van der Waals surface area contributed by atoms with Gasteiger partial charge in [-0.05, 0) is 32.0 Å². The van der Waals surface area contributed by atoms with Crippen molar-refractivity contribution in [3.05, 3.63) is 48.0 Å². The van der Waals surface area contributed by atoms with Crippen molar-refractivity contribution in [3.63, 3.8) is 0 Å². The molecular formula is C18H20O5S. The van der Waals surface area contributed by atoms with Crippen molar-refractivity contribution in [1.29, 1.82) is 0 Å². The molecule has 0 aliphatic carbocycles. The van der Waals surface area contributed by atoms with E-state index in [0.717, 1.165) is 0 Å². The Bertz CT molecular complexity index is 856. The number of methoxy groups -OCH3 is 1. The summed E-state index contributed by atoms with van der Waals surface area (Å²) >= 11 is 0. The number of aliphatic hydroxyl groups is 1. The third-order valence-electron chi connectivity index (χ3n) is 4.07. The lowest BCUT2D eigenvalue weighted by Gasteiger charge is -2.36. The van der Waals surface area contributed by atoms with Crippen molar-refractivity contribution in [2.45, 2.75) is 41.8 Å². The number of benzene rings is 2. The molecule has 0 spiro atoms. The molecule has 0 fully saturated rings. The highest BCUT2D eigenvalue weighted by molar-refractivity contribution is 7.91. The maximum absolute atomic E-state index is 12.9. The Labute approximate surface area is 141 Å². The fraction of sp³-hybridized carbons (Fsp3) is 0.333. The van der Waals surface area contributed by atoms with E-state index in [1.165, 1.54) is 31.4 Å². The molecule has 2 aromatic rings. The number of sulfone groups is 1. The number of aliphatic hydroxyl groups excluding tert-OH is 1. The second kappa shape index (κ2) is 5.79. The lowest BCUT2D eigenvalue weighted by Crippen LogP contribution is -2.34. The summed E-state index contributed by atoms with van der Waals surface area (Å²) < 4.78 is 37.0. The summed E-state index contributed by atoms with van der Waals surface area (Å²) in [6.07, 6.45) is -0.406. The molecule has 128 valence electrons. The minimum Gasteiger partial charge on any atom is -0.495 e. The summed E-state index contributed by atoms with van der Waals surface area (Å²) in [6, 6.07) is 11.1. The largest absolute Gasteiger partial charge is 0.495 e. The predicted molar refractivity (Wildman–Crippen MR) is 89.2 cm³/mol. The van der Waals surface area contributed by atoms with Crippen molar-refractivity contribution >= 4 is 9.84 Å². The van der Waals surface area contributed by atoms with Gasteiger partial charge in [0.2, 0.25) is 9.84 Å². The molecule has 2 aromatic carbocycles. The van der Waals surface area contributed by atoms with Gasteiger partial charge in [-0.15, -0.1) is 0 Å². The van der Waals surface area contributed by atoms with Gasteiger partial charge in [-0.3, -0.25) is 0 Å². The molecule has 1 unspecified atom stereocenters. The first kappa shape index (κ1) is 16.8. The molecule has 0 bridgehead atoms. The Balaban J connectivity index is 2.19. The Morgan fingerprint density at radius 1 is 1.21 bits per heavy atom. The van der Waals surface area contributed by atoms with Crippen LogP contribution in [0.25, 0.3) is 0 Å². The molecule has 1 aliphatic heterocycles. The van der Waals surface area contributed by atoms with Gasteiger partial charge < -0.3 is 14.6 Å². The van der Waals surface area contributed by atoms with E-state index in [4.69, 9.17) is 9.47 Å². The van der Waals surface area contributed by atoms with E-state index >= 15 is 0 Å². The van der Waals surface area contributed by atoms with Crippen LogP contribution >= 0.6 is 0 Å². The molecule has 24 heavy (non-hydrogen) atoms. The molecule has 1 aliphatic rings. The van der Waals surface area contributed by atoms with E-state index in [2.05, 4.69) is 0 Å². The molecule has 5 nitrogen and oxygen atoms in total. The van der Waals surface area contributed by atoms with Gasteiger partial charge in [-0.25, -0.2) is 8.42 Å². The molecule has 0 amide bonds. The zero-order valence-electron chi connectivity index (χ0n) is 13.8. The van der Waals surface area contributed by atoms with Gasteiger partial charge in [-0.1, -0.05) is 18.2 Å². The SMILES string of the molecule is COc1cc2c(cc1S(=O)(=O)c1ccccc1)C(O)CC(C)(C)O2. The second-order valence-corrected chi connectivity index (χ2v) is 8.36. The molecule has 6 heteroatoms. The summed E-state index contributed by atoms with van der Waals surface area (Å²) in [5.41, 5.74) is -0.0679. The number of rotatable bonds is 3. The van der Waals surface area contributed by atoms with Crippen LogP contribution in [0.4, 0.5) is 0 Å². The van der Waals surface area contributed by atoms with Crippen molar-refractivity contribution in [3.8, 4) is 11.5 Å². The van der Waals surface area contributed by atoms with Crippen LogP contribution in [0, 0.1) is 0 Å². The Hall–Kier alpha value is -2.05. The minimum absolute atomic E-state index is 0.0253.